The topological polar surface area (TPSA) is 59.8 Å². The predicted molar refractivity (Wildman–Crippen MR) is 128 cm³/mol. The Bertz CT molecular complexity index is 1480. The lowest BCUT2D eigenvalue weighted by Gasteiger charge is -2.11. The van der Waals surface area contributed by atoms with E-state index in [0.717, 1.165) is 27.6 Å². The summed E-state index contributed by atoms with van der Waals surface area (Å²) in [4.78, 5) is 17.7. The molecule has 0 bridgehead atoms. The van der Waals surface area contributed by atoms with Crippen LogP contribution in [0.1, 0.15) is 21.7 Å². The predicted octanol–water partition coefficient (Wildman–Crippen LogP) is 6.10. The number of hydrogen-bond acceptors (Lipinski definition) is 3. The highest BCUT2D eigenvalue weighted by Gasteiger charge is 2.20. The Balaban J connectivity index is 1.60. The molecule has 0 aliphatic heterocycles. The molecule has 162 valence electrons. The van der Waals surface area contributed by atoms with Gasteiger partial charge in [0, 0.05) is 16.6 Å². The first-order valence-corrected chi connectivity index (χ1v) is 10.6. The summed E-state index contributed by atoms with van der Waals surface area (Å²) in [5.41, 5.74) is 4.27. The zero-order valence-corrected chi connectivity index (χ0v) is 18.2. The number of hydrogen-bond donors (Lipinski definition) is 1. The second-order valence-corrected chi connectivity index (χ2v) is 7.88. The fraction of sp³-hybridized carbons (Fsp3) is 0.0741. The smallest absolute Gasteiger partial charge is 0.295 e. The second kappa shape index (κ2) is 8.31. The molecule has 0 fully saturated rings. The highest BCUT2D eigenvalue weighted by molar-refractivity contribution is 6.07. The quantitative estimate of drug-likeness (QED) is 0.371. The lowest BCUT2D eigenvalue weighted by Crippen LogP contribution is -2.14. The van der Waals surface area contributed by atoms with Crippen molar-refractivity contribution in [3.63, 3.8) is 0 Å². The van der Waals surface area contributed by atoms with Crippen LogP contribution in [0, 0.1) is 19.7 Å². The van der Waals surface area contributed by atoms with Gasteiger partial charge >= 0.3 is 0 Å². The highest BCUT2D eigenvalue weighted by Crippen LogP contribution is 2.26. The van der Waals surface area contributed by atoms with E-state index in [-0.39, 0.29) is 11.6 Å². The van der Waals surface area contributed by atoms with Crippen molar-refractivity contribution in [2.24, 2.45) is 0 Å². The zero-order valence-electron chi connectivity index (χ0n) is 18.2. The Morgan fingerprint density at radius 3 is 2.42 bits per heavy atom. The van der Waals surface area contributed by atoms with Gasteiger partial charge in [0.05, 0.1) is 5.69 Å². The molecular formula is C27H21FN4O. The molecule has 0 saturated carbocycles. The van der Waals surface area contributed by atoms with E-state index in [1.807, 2.05) is 74.5 Å². The molecule has 0 aliphatic carbocycles. The van der Waals surface area contributed by atoms with Crippen molar-refractivity contribution >= 4 is 22.4 Å². The number of amides is 1. The van der Waals surface area contributed by atoms with E-state index in [4.69, 9.17) is 0 Å². The Morgan fingerprint density at radius 1 is 0.879 bits per heavy atom. The SMILES string of the molecule is Cc1cccc(-n2nc(C(=O)Nc3cccc4ccccc34)nc2-c2ccc(F)cc2)c1C. The molecule has 0 unspecified atom stereocenters. The number of benzene rings is 4. The fourth-order valence-electron chi connectivity index (χ4n) is 3.84. The summed E-state index contributed by atoms with van der Waals surface area (Å²) in [5, 5.41) is 9.46. The first-order valence-electron chi connectivity index (χ1n) is 10.6. The Labute approximate surface area is 190 Å². The molecule has 33 heavy (non-hydrogen) atoms. The Kier molecular flexibility index (Phi) is 5.18. The zero-order chi connectivity index (χ0) is 22.9. The van der Waals surface area contributed by atoms with Gasteiger partial charge in [0.1, 0.15) is 5.82 Å². The summed E-state index contributed by atoms with van der Waals surface area (Å²) in [6.45, 7) is 4.01. The molecule has 5 aromatic rings. The number of aromatic nitrogens is 3. The number of anilines is 1. The van der Waals surface area contributed by atoms with Crippen LogP contribution in [0.2, 0.25) is 0 Å². The number of nitrogens with zero attached hydrogens (tertiary/aromatic N) is 3. The van der Waals surface area contributed by atoms with E-state index >= 15 is 0 Å². The fourth-order valence-corrected chi connectivity index (χ4v) is 3.84. The third-order valence-electron chi connectivity index (χ3n) is 5.75. The van der Waals surface area contributed by atoms with Crippen LogP contribution in [-0.4, -0.2) is 20.7 Å². The van der Waals surface area contributed by atoms with Crippen LogP contribution < -0.4 is 5.32 Å². The van der Waals surface area contributed by atoms with Crippen molar-refractivity contribution in [1.29, 1.82) is 0 Å². The van der Waals surface area contributed by atoms with Crippen LogP contribution in [0.25, 0.3) is 27.8 Å². The van der Waals surface area contributed by atoms with E-state index < -0.39 is 5.91 Å². The lowest BCUT2D eigenvalue weighted by atomic mass is 10.1. The second-order valence-electron chi connectivity index (χ2n) is 7.88. The van der Waals surface area contributed by atoms with Crippen LogP contribution in [0.5, 0.6) is 0 Å². The van der Waals surface area contributed by atoms with E-state index in [1.54, 1.807) is 16.8 Å². The van der Waals surface area contributed by atoms with Gasteiger partial charge in [-0.1, -0.05) is 48.5 Å². The lowest BCUT2D eigenvalue weighted by molar-refractivity contribution is 0.101. The summed E-state index contributed by atoms with van der Waals surface area (Å²) in [5.74, 6) is -0.265. The molecule has 5 rings (SSSR count). The minimum Gasteiger partial charge on any atom is -0.319 e. The minimum absolute atomic E-state index is 0.0307. The number of fused-ring (bicyclic) bond motifs is 1. The third-order valence-corrected chi connectivity index (χ3v) is 5.75. The molecule has 0 aliphatic rings. The van der Waals surface area contributed by atoms with Crippen molar-refractivity contribution in [3.8, 4) is 17.1 Å². The van der Waals surface area contributed by atoms with Crippen molar-refractivity contribution in [3.05, 3.63) is 108 Å². The summed E-state index contributed by atoms with van der Waals surface area (Å²) >= 11 is 0. The van der Waals surface area contributed by atoms with Gasteiger partial charge in [-0.15, -0.1) is 5.10 Å². The average Bonchev–Trinajstić information content (AvgIpc) is 3.27. The summed E-state index contributed by atoms with van der Waals surface area (Å²) in [7, 11) is 0. The van der Waals surface area contributed by atoms with Crippen LogP contribution in [0.4, 0.5) is 10.1 Å². The Hall–Kier alpha value is -4.32. The first-order chi connectivity index (χ1) is 16.0. The number of aryl methyl sites for hydroxylation is 1. The first kappa shape index (κ1) is 20.6. The molecule has 1 aromatic heterocycles. The van der Waals surface area contributed by atoms with Crippen LogP contribution in [-0.2, 0) is 0 Å². The van der Waals surface area contributed by atoms with Crippen molar-refractivity contribution < 1.29 is 9.18 Å². The summed E-state index contributed by atoms with van der Waals surface area (Å²) in [6.07, 6.45) is 0. The molecule has 4 aromatic carbocycles. The normalized spacial score (nSPS) is 11.0. The molecule has 6 heteroatoms. The van der Waals surface area contributed by atoms with Crippen LogP contribution >= 0.6 is 0 Å². The van der Waals surface area contributed by atoms with Gasteiger partial charge in [0.25, 0.3) is 5.91 Å². The minimum atomic E-state index is -0.418. The van der Waals surface area contributed by atoms with Gasteiger partial charge in [0.2, 0.25) is 5.82 Å². The molecule has 1 heterocycles. The highest BCUT2D eigenvalue weighted by atomic mass is 19.1. The van der Waals surface area contributed by atoms with Crippen molar-refractivity contribution in [2.75, 3.05) is 5.32 Å². The third kappa shape index (κ3) is 3.87. The van der Waals surface area contributed by atoms with Crippen molar-refractivity contribution in [1.82, 2.24) is 14.8 Å². The molecule has 1 N–H and O–H groups in total. The monoisotopic (exact) mass is 436 g/mol. The number of carbonyl (C=O) groups is 1. The van der Waals surface area contributed by atoms with E-state index in [0.29, 0.717) is 17.1 Å². The van der Waals surface area contributed by atoms with Gasteiger partial charge in [-0.05, 0) is 66.8 Å². The van der Waals surface area contributed by atoms with Gasteiger partial charge in [-0.2, -0.15) is 0 Å². The Morgan fingerprint density at radius 2 is 1.61 bits per heavy atom. The maximum Gasteiger partial charge on any atom is 0.295 e. The summed E-state index contributed by atoms with van der Waals surface area (Å²) in [6, 6.07) is 25.4. The average molecular weight is 436 g/mol. The molecule has 0 saturated heterocycles. The molecule has 0 radical (unpaired) electrons. The summed E-state index contributed by atoms with van der Waals surface area (Å²) < 4.78 is 15.2. The molecule has 0 spiro atoms. The van der Waals surface area contributed by atoms with Gasteiger partial charge in [-0.25, -0.2) is 14.1 Å². The van der Waals surface area contributed by atoms with Crippen LogP contribution in [0.15, 0.2) is 84.9 Å². The van der Waals surface area contributed by atoms with Gasteiger partial charge < -0.3 is 5.32 Å². The van der Waals surface area contributed by atoms with Crippen molar-refractivity contribution in [2.45, 2.75) is 13.8 Å². The molecule has 0 atom stereocenters. The largest absolute Gasteiger partial charge is 0.319 e. The van der Waals surface area contributed by atoms with E-state index in [2.05, 4.69) is 15.4 Å². The van der Waals surface area contributed by atoms with Crippen LogP contribution in [0.3, 0.4) is 0 Å². The standard InChI is InChI=1S/C27H21FN4O/c1-17-7-5-12-24(18(17)2)32-26(20-13-15-21(28)16-14-20)30-25(31-32)27(33)29-23-11-6-9-19-8-3-4-10-22(19)23/h3-16H,1-2H3,(H,29,33). The van der Waals surface area contributed by atoms with E-state index in [9.17, 15) is 9.18 Å². The number of rotatable bonds is 4. The molecule has 1 amide bonds. The van der Waals surface area contributed by atoms with Gasteiger partial charge in [-0.3, -0.25) is 4.79 Å². The number of carbonyl (C=O) groups excluding carboxylic acids is 1. The molecule has 5 nitrogen and oxygen atoms in total. The molecular weight excluding hydrogens is 415 g/mol. The van der Waals surface area contributed by atoms with E-state index in [1.165, 1.54) is 12.1 Å². The maximum absolute atomic E-state index is 13.5. The van der Waals surface area contributed by atoms with Gasteiger partial charge in [0.15, 0.2) is 5.82 Å². The maximum atomic E-state index is 13.5. The number of halogens is 1. The number of nitrogens with one attached hydrogen (secondary N) is 1.